The van der Waals surface area contributed by atoms with Crippen LogP contribution in [0.15, 0.2) is 81.5 Å². The molecule has 1 heterocycles. The van der Waals surface area contributed by atoms with E-state index in [1.807, 2.05) is 0 Å². The van der Waals surface area contributed by atoms with E-state index < -0.39 is 17.8 Å². The number of amides is 2. The van der Waals surface area contributed by atoms with E-state index in [0.29, 0.717) is 27.0 Å². The first-order valence-corrected chi connectivity index (χ1v) is 9.58. The second-order valence-electron chi connectivity index (χ2n) is 6.03. The van der Waals surface area contributed by atoms with Gasteiger partial charge in [0.15, 0.2) is 0 Å². The summed E-state index contributed by atoms with van der Waals surface area (Å²) in [7, 11) is 1.29. The number of carbonyl (C=O) groups is 3. The lowest BCUT2D eigenvalue weighted by molar-refractivity contribution is -0.113. The highest BCUT2D eigenvalue weighted by atomic mass is 79.9. The van der Waals surface area contributed by atoms with Crippen molar-refractivity contribution < 1.29 is 23.5 Å². The van der Waals surface area contributed by atoms with E-state index in [1.54, 1.807) is 48.5 Å². The molecule has 0 unspecified atom stereocenters. The molecule has 0 atom stereocenters. The van der Waals surface area contributed by atoms with Crippen LogP contribution in [0, 0.1) is 0 Å². The first kappa shape index (κ1) is 21.1. The maximum absolute atomic E-state index is 12.8. The quantitative estimate of drug-likeness (QED) is 0.416. The first-order chi connectivity index (χ1) is 14.5. The number of nitrogens with one attached hydrogen (secondary N) is 2. The van der Waals surface area contributed by atoms with Crippen LogP contribution in [0.1, 0.15) is 26.5 Å². The molecular formula is C22H17BrN2O5. The summed E-state index contributed by atoms with van der Waals surface area (Å²) in [5, 5.41) is 5.30. The van der Waals surface area contributed by atoms with Crippen molar-refractivity contribution in [1.29, 1.82) is 0 Å². The predicted molar refractivity (Wildman–Crippen MR) is 115 cm³/mol. The molecule has 0 radical (unpaired) electrons. The van der Waals surface area contributed by atoms with Gasteiger partial charge in [0.25, 0.3) is 11.8 Å². The minimum absolute atomic E-state index is 0.0113. The molecule has 0 saturated carbocycles. The second-order valence-corrected chi connectivity index (χ2v) is 6.88. The molecule has 2 amide bonds. The molecule has 3 aromatic rings. The maximum atomic E-state index is 12.8. The Morgan fingerprint density at radius 1 is 1.00 bits per heavy atom. The third kappa shape index (κ3) is 5.24. The number of ether oxygens (including phenoxy) is 1. The molecule has 8 heteroatoms. The Morgan fingerprint density at radius 2 is 1.73 bits per heavy atom. The van der Waals surface area contributed by atoms with Crippen LogP contribution in [0.3, 0.4) is 0 Å². The Kier molecular flexibility index (Phi) is 6.82. The molecule has 30 heavy (non-hydrogen) atoms. The van der Waals surface area contributed by atoms with E-state index in [0.717, 1.165) is 0 Å². The molecule has 1 aromatic heterocycles. The number of esters is 1. The molecule has 0 spiro atoms. The number of methoxy groups -OCH3 is 1. The van der Waals surface area contributed by atoms with Crippen molar-refractivity contribution >= 4 is 45.5 Å². The summed E-state index contributed by atoms with van der Waals surface area (Å²) in [5.74, 6) is -1.10. The van der Waals surface area contributed by atoms with Gasteiger partial charge in [0.1, 0.15) is 11.5 Å². The van der Waals surface area contributed by atoms with Gasteiger partial charge in [-0.05, 0) is 64.5 Å². The number of hydrogen-bond donors (Lipinski definition) is 2. The molecule has 0 bridgehead atoms. The van der Waals surface area contributed by atoms with Crippen LogP contribution in [0.25, 0.3) is 6.08 Å². The minimum Gasteiger partial charge on any atom is -0.465 e. The SMILES string of the molecule is COC(=O)c1ccc(NC(=O)/C(=C\c2ccco2)NC(=O)c2ccccc2Br)cc1. The lowest BCUT2D eigenvalue weighted by Gasteiger charge is -2.12. The Hall–Kier alpha value is -3.65. The average Bonchev–Trinajstić information content (AvgIpc) is 3.26. The van der Waals surface area contributed by atoms with E-state index >= 15 is 0 Å². The highest BCUT2D eigenvalue weighted by Gasteiger charge is 2.17. The summed E-state index contributed by atoms with van der Waals surface area (Å²) in [6, 6.07) is 16.4. The van der Waals surface area contributed by atoms with Crippen LogP contribution in [-0.4, -0.2) is 24.9 Å². The molecule has 0 saturated heterocycles. The van der Waals surface area contributed by atoms with Gasteiger partial charge in [-0.3, -0.25) is 9.59 Å². The van der Waals surface area contributed by atoms with Crippen molar-refractivity contribution in [1.82, 2.24) is 5.32 Å². The summed E-state index contributed by atoms with van der Waals surface area (Å²) in [6.45, 7) is 0. The molecule has 0 fully saturated rings. The predicted octanol–water partition coefficient (Wildman–Crippen LogP) is 4.24. The first-order valence-electron chi connectivity index (χ1n) is 8.78. The van der Waals surface area contributed by atoms with Gasteiger partial charge in [-0.1, -0.05) is 12.1 Å². The van der Waals surface area contributed by atoms with E-state index in [4.69, 9.17) is 4.42 Å². The van der Waals surface area contributed by atoms with Crippen molar-refractivity contribution in [3.63, 3.8) is 0 Å². The van der Waals surface area contributed by atoms with Gasteiger partial charge in [-0.2, -0.15) is 0 Å². The van der Waals surface area contributed by atoms with Crippen LogP contribution in [0.2, 0.25) is 0 Å². The molecule has 0 aliphatic rings. The number of halogens is 1. The van der Waals surface area contributed by atoms with Crippen LogP contribution in [0.4, 0.5) is 5.69 Å². The number of benzene rings is 2. The number of furan rings is 1. The van der Waals surface area contributed by atoms with E-state index in [1.165, 1.54) is 31.6 Å². The van der Waals surface area contributed by atoms with Gasteiger partial charge in [0.2, 0.25) is 0 Å². The molecule has 0 aliphatic carbocycles. The molecule has 0 aliphatic heterocycles. The second kappa shape index (κ2) is 9.71. The van der Waals surface area contributed by atoms with Crippen LogP contribution in [0.5, 0.6) is 0 Å². The fourth-order valence-corrected chi connectivity index (χ4v) is 2.98. The van der Waals surface area contributed by atoms with Gasteiger partial charge < -0.3 is 19.8 Å². The maximum Gasteiger partial charge on any atom is 0.337 e. The van der Waals surface area contributed by atoms with Crippen molar-refractivity contribution in [2.75, 3.05) is 12.4 Å². The minimum atomic E-state index is -0.558. The molecule has 7 nitrogen and oxygen atoms in total. The summed E-state index contributed by atoms with van der Waals surface area (Å²) in [5.41, 5.74) is 1.15. The fourth-order valence-electron chi connectivity index (χ4n) is 2.51. The number of carbonyl (C=O) groups excluding carboxylic acids is 3. The van der Waals surface area contributed by atoms with E-state index in [9.17, 15) is 14.4 Å². The van der Waals surface area contributed by atoms with Crippen molar-refractivity contribution in [2.24, 2.45) is 0 Å². The lowest BCUT2D eigenvalue weighted by atomic mass is 10.2. The zero-order valence-electron chi connectivity index (χ0n) is 15.8. The largest absolute Gasteiger partial charge is 0.465 e. The lowest BCUT2D eigenvalue weighted by Crippen LogP contribution is -2.31. The van der Waals surface area contributed by atoms with Gasteiger partial charge >= 0.3 is 5.97 Å². The number of anilines is 1. The topological polar surface area (TPSA) is 97.6 Å². The average molecular weight is 469 g/mol. The molecular weight excluding hydrogens is 452 g/mol. The third-order valence-corrected chi connectivity index (χ3v) is 4.70. The zero-order valence-corrected chi connectivity index (χ0v) is 17.4. The summed E-state index contributed by atoms with van der Waals surface area (Å²) in [4.78, 5) is 37.0. The van der Waals surface area contributed by atoms with Crippen molar-refractivity contribution in [3.8, 4) is 0 Å². The normalized spacial score (nSPS) is 10.9. The zero-order chi connectivity index (χ0) is 21.5. The van der Waals surface area contributed by atoms with Gasteiger partial charge in [0, 0.05) is 16.2 Å². The van der Waals surface area contributed by atoms with Crippen LogP contribution < -0.4 is 10.6 Å². The van der Waals surface area contributed by atoms with Crippen molar-refractivity contribution in [3.05, 3.63) is 94.0 Å². The standard InChI is InChI=1S/C22H17BrN2O5/c1-29-22(28)14-8-10-15(11-9-14)24-21(27)19(13-16-5-4-12-30-16)25-20(26)17-6-2-3-7-18(17)23/h2-13H,1H3,(H,24,27)(H,25,26)/b19-13+. The van der Waals surface area contributed by atoms with E-state index in [-0.39, 0.29) is 5.70 Å². The summed E-state index contributed by atoms with van der Waals surface area (Å²) >= 11 is 3.33. The van der Waals surface area contributed by atoms with Gasteiger partial charge in [-0.25, -0.2) is 4.79 Å². The van der Waals surface area contributed by atoms with Crippen molar-refractivity contribution in [2.45, 2.75) is 0 Å². The smallest absolute Gasteiger partial charge is 0.337 e. The number of hydrogen-bond acceptors (Lipinski definition) is 5. The Morgan fingerprint density at radius 3 is 2.37 bits per heavy atom. The fraction of sp³-hybridized carbons (Fsp3) is 0.0455. The Labute approximate surface area is 180 Å². The Bertz CT molecular complexity index is 1090. The van der Waals surface area contributed by atoms with Crippen LogP contribution in [-0.2, 0) is 9.53 Å². The highest BCUT2D eigenvalue weighted by molar-refractivity contribution is 9.10. The highest BCUT2D eigenvalue weighted by Crippen LogP contribution is 2.17. The molecule has 2 aromatic carbocycles. The molecule has 2 N–H and O–H groups in total. The van der Waals surface area contributed by atoms with Gasteiger partial charge in [-0.15, -0.1) is 0 Å². The van der Waals surface area contributed by atoms with Gasteiger partial charge in [0.05, 0.1) is 24.5 Å². The number of rotatable bonds is 6. The molecule has 152 valence electrons. The summed E-state index contributed by atoms with van der Waals surface area (Å²) in [6.07, 6.45) is 2.88. The third-order valence-electron chi connectivity index (χ3n) is 4.00. The van der Waals surface area contributed by atoms with E-state index in [2.05, 4.69) is 31.3 Å². The molecule has 3 rings (SSSR count). The Balaban J connectivity index is 1.82. The van der Waals surface area contributed by atoms with Crippen LogP contribution >= 0.6 is 15.9 Å². The monoisotopic (exact) mass is 468 g/mol. The summed E-state index contributed by atoms with van der Waals surface area (Å²) < 4.78 is 10.5.